The van der Waals surface area contributed by atoms with Crippen molar-refractivity contribution in [2.24, 2.45) is 0 Å². The van der Waals surface area contributed by atoms with Crippen molar-refractivity contribution < 1.29 is 23.7 Å². The molecule has 0 saturated carbocycles. The van der Waals surface area contributed by atoms with Gasteiger partial charge in [-0.25, -0.2) is 4.57 Å². The normalized spacial score (nSPS) is 7.91. The summed E-state index contributed by atoms with van der Waals surface area (Å²) in [4.78, 5) is 25.5. The van der Waals surface area contributed by atoms with Crippen LogP contribution in [0.3, 0.4) is 0 Å². The predicted molar refractivity (Wildman–Crippen MR) is 45.3 cm³/mol. The minimum absolute atomic E-state index is 0. The summed E-state index contributed by atoms with van der Waals surface area (Å²) in [6, 6.07) is 0. The van der Waals surface area contributed by atoms with Gasteiger partial charge in [-0.15, -0.1) is 0 Å². The molecular formula is C2H8K2NaO5P. The van der Waals surface area contributed by atoms with Crippen LogP contribution in [-0.2, 0) is 13.9 Å². The zero-order chi connectivity index (χ0) is 6.78. The van der Waals surface area contributed by atoms with E-state index in [0.717, 1.165) is 6.92 Å². The van der Waals surface area contributed by atoms with Crippen molar-refractivity contribution in [2.45, 2.75) is 6.92 Å². The molecule has 54 valence electrons. The Balaban J connectivity index is -0.0000000817. The first kappa shape index (κ1) is 24.2. The number of rotatable bonds is 1. The number of carbonyl (C=O) groups excluding carboxylic acids is 1. The number of phosphoric acid groups is 1. The zero-order valence-electron chi connectivity index (χ0n) is 4.07. The van der Waals surface area contributed by atoms with Gasteiger partial charge in [0.2, 0.25) is 0 Å². The fraction of sp³-hybridized carbons (Fsp3) is 0.500. The monoisotopic (exact) mass is 244 g/mol. The van der Waals surface area contributed by atoms with Crippen LogP contribution in [0.15, 0.2) is 0 Å². The van der Waals surface area contributed by atoms with Gasteiger partial charge in [-0.2, -0.15) is 0 Å². The Labute approximate surface area is 172 Å². The molecule has 11 heavy (non-hydrogen) atoms. The van der Waals surface area contributed by atoms with Crippen molar-refractivity contribution in [2.75, 3.05) is 0 Å². The first-order chi connectivity index (χ1) is 3.42. The van der Waals surface area contributed by atoms with E-state index >= 15 is 0 Å². The number of phosphoric ester groups is 1. The molecule has 0 aliphatic heterocycles. The maximum atomic E-state index is 9.74. The molecule has 0 saturated heterocycles. The van der Waals surface area contributed by atoms with Gasteiger partial charge in [0, 0.05) is 6.92 Å². The Morgan fingerprint density at radius 2 is 1.64 bits per heavy atom. The first-order valence-electron chi connectivity index (χ1n) is 1.67. The van der Waals surface area contributed by atoms with Crippen LogP contribution in [-0.4, -0.2) is 148 Å². The van der Waals surface area contributed by atoms with Crippen molar-refractivity contribution in [3.05, 3.63) is 0 Å². The fourth-order valence-corrected chi connectivity index (χ4v) is 0.502. The number of carbonyl (C=O) groups is 1. The second-order valence-corrected chi connectivity index (χ2v) is 2.24. The molecule has 0 aliphatic carbocycles. The standard InChI is InChI=1S/C2H5O5P.2K.Na.3H/c1-2(3)7-8(4,5)6;;;;;;/h1H3,(H2,4,5,6);;;;;;. The van der Waals surface area contributed by atoms with E-state index in [-0.39, 0.29) is 132 Å². The van der Waals surface area contributed by atoms with Crippen LogP contribution in [0, 0.1) is 0 Å². The second-order valence-electron chi connectivity index (χ2n) is 1.07. The van der Waals surface area contributed by atoms with Gasteiger partial charge in [-0.05, 0) is 0 Å². The summed E-state index contributed by atoms with van der Waals surface area (Å²) in [5.74, 6) is -0.988. The summed E-state index contributed by atoms with van der Waals surface area (Å²) in [5.41, 5.74) is 0. The van der Waals surface area contributed by atoms with Crippen LogP contribution in [0.25, 0.3) is 0 Å². The molecule has 0 bridgehead atoms. The average molecular weight is 244 g/mol. The minimum atomic E-state index is -4.57. The molecule has 0 unspecified atom stereocenters. The molecule has 0 rings (SSSR count). The van der Waals surface area contributed by atoms with Crippen molar-refractivity contribution in [1.29, 1.82) is 0 Å². The van der Waals surface area contributed by atoms with Gasteiger partial charge in [-0.1, -0.05) is 0 Å². The van der Waals surface area contributed by atoms with E-state index in [1.807, 2.05) is 0 Å². The van der Waals surface area contributed by atoms with Crippen LogP contribution < -0.4 is 0 Å². The Morgan fingerprint density at radius 1 is 1.36 bits per heavy atom. The van der Waals surface area contributed by atoms with Crippen LogP contribution in [0.4, 0.5) is 0 Å². The van der Waals surface area contributed by atoms with E-state index < -0.39 is 13.8 Å². The molecule has 0 aromatic carbocycles. The van der Waals surface area contributed by atoms with Gasteiger partial charge in [-0.3, -0.25) is 14.6 Å². The maximum absolute atomic E-state index is 9.74. The van der Waals surface area contributed by atoms with Crippen LogP contribution in [0.1, 0.15) is 6.92 Å². The van der Waals surface area contributed by atoms with Gasteiger partial charge in [0.05, 0.1) is 0 Å². The van der Waals surface area contributed by atoms with Crippen molar-refractivity contribution >= 4 is 146 Å². The van der Waals surface area contributed by atoms with E-state index in [0.29, 0.717) is 0 Å². The molecule has 0 radical (unpaired) electrons. The van der Waals surface area contributed by atoms with E-state index in [1.54, 1.807) is 0 Å². The van der Waals surface area contributed by atoms with Gasteiger partial charge >= 0.3 is 146 Å². The summed E-state index contributed by atoms with van der Waals surface area (Å²) in [5, 5.41) is 0. The average Bonchev–Trinajstić information content (AvgIpc) is 1.21. The molecule has 2 N–H and O–H groups in total. The molecule has 0 aliphatic rings. The van der Waals surface area contributed by atoms with Crippen LogP contribution in [0.2, 0.25) is 0 Å². The van der Waals surface area contributed by atoms with E-state index in [1.165, 1.54) is 0 Å². The third-order valence-electron chi connectivity index (χ3n) is 0.247. The molecule has 5 nitrogen and oxygen atoms in total. The Hall–Kier alpha value is 3.89. The van der Waals surface area contributed by atoms with Crippen molar-refractivity contribution in [3.63, 3.8) is 0 Å². The third-order valence-corrected chi connectivity index (χ3v) is 0.742. The van der Waals surface area contributed by atoms with Crippen molar-refractivity contribution in [3.8, 4) is 0 Å². The third kappa shape index (κ3) is 24.8. The Kier molecular flexibility index (Phi) is 26.4. The summed E-state index contributed by atoms with van der Waals surface area (Å²) in [6.45, 7) is 0.916. The van der Waals surface area contributed by atoms with E-state index in [2.05, 4.69) is 4.52 Å². The van der Waals surface area contributed by atoms with Gasteiger partial charge in [0.25, 0.3) is 0 Å². The summed E-state index contributed by atoms with van der Waals surface area (Å²) in [7, 11) is -4.57. The van der Waals surface area contributed by atoms with Crippen LogP contribution >= 0.6 is 7.82 Å². The van der Waals surface area contributed by atoms with Gasteiger partial charge < -0.3 is 4.52 Å². The molecule has 0 atom stereocenters. The topological polar surface area (TPSA) is 83.8 Å². The SMILES string of the molecule is CC(=O)OP(=O)(O)O.[KH].[KH].[NaH]. The molecular weight excluding hydrogens is 236 g/mol. The quantitative estimate of drug-likeness (QED) is 0.400. The van der Waals surface area contributed by atoms with Gasteiger partial charge in [0.15, 0.2) is 0 Å². The molecule has 0 fully saturated rings. The summed E-state index contributed by atoms with van der Waals surface area (Å²) < 4.78 is 13.2. The summed E-state index contributed by atoms with van der Waals surface area (Å²) in [6.07, 6.45) is 0. The Morgan fingerprint density at radius 3 is 1.64 bits per heavy atom. The molecule has 0 aromatic heterocycles. The molecule has 0 heterocycles. The molecule has 9 heteroatoms. The molecule has 0 spiro atoms. The number of hydrogen-bond donors (Lipinski definition) is 2. The summed E-state index contributed by atoms with van der Waals surface area (Å²) >= 11 is 0. The second kappa shape index (κ2) is 12.0. The fourth-order valence-electron chi connectivity index (χ4n) is 0.167. The van der Waals surface area contributed by atoms with Crippen molar-refractivity contribution in [1.82, 2.24) is 0 Å². The molecule has 0 aromatic rings. The van der Waals surface area contributed by atoms with Gasteiger partial charge in [0.1, 0.15) is 0 Å². The molecule has 0 amide bonds. The predicted octanol–water partition coefficient (Wildman–Crippen LogP) is -2.30. The van der Waals surface area contributed by atoms with Crippen LogP contribution in [0.5, 0.6) is 0 Å². The first-order valence-corrected chi connectivity index (χ1v) is 3.20. The van der Waals surface area contributed by atoms with E-state index in [9.17, 15) is 9.36 Å². The Bertz CT molecular complexity index is 145. The van der Waals surface area contributed by atoms with E-state index in [4.69, 9.17) is 9.79 Å². The number of hydrogen-bond acceptors (Lipinski definition) is 3. The zero-order valence-corrected chi connectivity index (χ0v) is 4.96.